The number of aromatic nitrogens is 3. The van der Waals surface area contributed by atoms with Crippen LogP contribution >= 0.6 is 58.0 Å². The minimum absolute atomic E-state index is 0.0702. The summed E-state index contributed by atoms with van der Waals surface area (Å²) < 4.78 is -2.60. The molecule has 0 saturated heterocycles. The SMILES string of the molecule is CCn1nnc(C#N)c1C(Cl)(Cl)C(Cl)(Cl)Cl. The minimum atomic E-state index is -2.00. The van der Waals surface area contributed by atoms with Gasteiger partial charge < -0.3 is 0 Å². The Morgan fingerprint density at radius 2 is 1.88 bits per heavy atom. The van der Waals surface area contributed by atoms with Crippen LogP contribution in [-0.4, -0.2) is 18.8 Å². The van der Waals surface area contributed by atoms with Gasteiger partial charge in [0.05, 0.1) is 0 Å². The Balaban J connectivity index is 3.42. The normalized spacial score (nSPS) is 12.6. The molecule has 88 valence electrons. The molecular formula is C7H5Cl5N4. The van der Waals surface area contributed by atoms with Gasteiger partial charge in [0.25, 0.3) is 0 Å². The molecule has 0 bridgehead atoms. The Kier molecular flexibility index (Phi) is 4.20. The van der Waals surface area contributed by atoms with Crippen LogP contribution in [0, 0.1) is 11.3 Å². The van der Waals surface area contributed by atoms with Crippen molar-refractivity contribution in [3.63, 3.8) is 0 Å². The Hall–Kier alpha value is 0.0800. The molecule has 0 fully saturated rings. The molecule has 0 N–H and O–H groups in total. The Bertz CT molecular complexity index is 427. The number of alkyl halides is 5. The van der Waals surface area contributed by atoms with Crippen molar-refractivity contribution in [2.75, 3.05) is 0 Å². The third-order valence-electron chi connectivity index (χ3n) is 1.79. The van der Waals surface area contributed by atoms with Crippen molar-refractivity contribution in [3.05, 3.63) is 11.4 Å². The van der Waals surface area contributed by atoms with E-state index >= 15 is 0 Å². The molecule has 0 spiro atoms. The van der Waals surface area contributed by atoms with E-state index in [2.05, 4.69) is 10.3 Å². The lowest BCUT2D eigenvalue weighted by Crippen LogP contribution is -2.32. The minimum Gasteiger partial charge on any atom is -0.245 e. The number of halogens is 5. The van der Waals surface area contributed by atoms with Gasteiger partial charge in [-0.05, 0) is 6.92 Å². The third kappa shape index (κ3) is 2.34. The van der Waals surface area contributed by atoms with Crippen LogP contribution in [0.5, 0.6) is 0 Å². The number of rotatable bonds is 2. The molecule has 1 heterocycles. The van der Waals surface area contributed by atoms with Crippen LogP contribution in [-0.2, 0) is 10.9 Å². The average molecular weight is 322 g/mol. The number of nitriles is 1. The summed E-state index contributed by atoms with van der Waals surface area (Å²) in [6, 6.07) is 1.79. The molecule has 1 aromatic rings. The van der Waals surface area contributed by atoms with Crippen molar-refractivity contribution in [1.29, 1.82) is 5.26 Å². The summed E-state index contributed by atoms with van der Waals surface area (Å²) in [4.78, 5) is 0. The van der Waals surface area contributed by atoms with Crippen LogP contribution in [0.1, 0.15) is 18.3 Å². The molecule has 0 amide bonds. The van der Waals surface area contributed by atoms with Crippen LogP contribution in [0.4, 0.5) is 0 Å². The second-order valence-electron chi connectivity index (χ2n) is 2.79. The van der Waals surface area contributed by atoms with Crippen molar-refractivity contribution in [1.82, 2.24) is 15.0 Å². The first-order chi connectivity index (χ1) is 7.25. The molecule has 1 aromatic heterocycles. The van der Waals surface area contributed by atoms with Crippen molar-refractivity contribution in [3.8, 4) is 6.07 Å². The first-order valence-corrected chi connectivity index (χ1v) is 5.93. The van der Waals surface area contributed by atoms with Crippen molar-refractivity contribution < 1.29 is 0 Å². The molecule has 0 saturated carbocycles. The van der Waals surface area contributed by atoms with E-state index in [4.69, 9.17) is 63.3 Å². The van der Waals surface area contributed by atoms with E-state index in [1.807, 2.05) is 0 Å². The molecule has 0 unspecified atom stereocenters. The van der Waals surface area contributed by atoms with E-state index in [0.29, 0.717) is 6.54 Å². The first-order valence-electron chi connectivity index (χ1n) is 4.04. The van der Waals surface area contributed by atoms with Crippen molar-refractivity contribution in [2.45, 2.75) is 21.6 Å². The molecule has 4 nitrogen and oxygen atoms in total. The van der Waals surface area contributed by atoms with Gasteiger partial charge in [-0.25, -0.2) is 4.68 Å². The molecule has 16 heavy (non-hydrogen) atoms. The molecule has 0 atom stereocenters. The molecule has 0 aromatic carbocycles. The van der Waals surface area contributed by atoms with Crippen molar-refractivity contribution in [2.24, 2.45) is 0 Å². The van der Waals surface area contributed by atoms with Crippen LogP contribution < -0.4 is 0 Å². The van der Waals surface area contributed by atoms with E-state index in [1.54, 1.807) is 13.0 Å². The highest BCUT2D eigenvalue weighted by molar-refractivity contribution is 6.75. The molecular weight excluding hydrogens is 317 g/mol. The van der Waals surface area contributed by atoms with Crippen LogP contribution in [0.25, 0.3) is 0 Å². The standard InChI is InChI=1S/C7H5Cl5N4/c1-2-16-5(4(3-13)14-15-16)6(8,9)7(10,11)12/h2H2,1H3. The van der Waals surface area contributed by atoms with Gasteiger partial charge in [-0.3, -0.25) is 0 Å². The highest BCUT2D eigenvalue weighted by Crippen LogP contribution is 2.53. The summed E-state index contributed by atoms with van der Waals surface area (Å²) in [7, 11) is 0. The summed E-state index contributed by atoms with van der Waals surface area (Å²) in [6.07, 6.45) is 0. The lowest BCUT2D eigenvalue weighted by Gasteiger charge is -2.27. The Labute approximate surface area is 117 Å². The zero-order chi connectivity index (χ0) is 12.6. The van der Waals surface area contributed by atoms with Gasteiger partial charge in [0, 0.05) is 6.54 Å². The summed E-state index contributed by atoms with van der Waals surface area (Å²) in [5, 5.41) is 16.1. The van der Waals surface area contributed by atoms with Crippen molar-refractivity contribution >= 4 is 58.0 Å². The van der Waals surface area contributed by atoms with Gasteiger partial charge in [-0.1, -0.05) is 63.2 Å². The Morgan fingerprint density at radius 1 is 1.31 bits per heavy atom. The smallest absolute Gasteiger partial charge is 0.228 e. The molecule has 0 aliphatic carbocycles. The third-order valence-corrected chi connectivity index (χ3v) is 4.15. The van der Waals surface area contributed by atoms with E-state index in [1.165, 1.54) is 4.68 Å². The summed E-state index contributed by atoms with van der Waals surface area (Å²) in [5.74, 6) is 0. The quantitative estimate of drug-likeness (QED) is 0.786. The van der Waals surface area contributed by atoms with Gasteiger partial charge in [-0.15, -0.1) is 5.10 Å². The van der Waals surface area contributed by atoms with Crippen LogP contribution in [0.3, 0.4) is 0 Å². The zero-order valence-corrected chi connectivity index (χ0v) is 11.7. The fourth-order valence-electron chi connectivity index (χ4n) is 1.05. The number of aryl methyl sites for hydroxylation is 1. The maximum Gasteiger partial charge on any atom is 0.228 e. The topological polar surface area (TPSA) is 54.5 Å². The van der Waals surface area contributed by atoms with Gasteiger partial charge in [0.2, 0.25) is 8.13 Å². The predicted molar refractivity (Wildman–Crippen MR) is 64.1 cm³/mol. The van der Waals surface area contributed by atoms with Gasteiger partial charge >= 0.3 is 0 Å². The van der Waals surface area contributed by atoms with Crippen LogP contribution in [0.2, 0.25) is 0 Å². The fraction of sp³-hybridized carbons (Fsp3) is 0.571. The highest BCUT2D eigenvalue weighted by Gasteiger charge is 2.51. The number of hydrogen-bond donors (Lipinski definition) is 0. The maximum atomic E-state index is 8.84. The monoisotopic (exact) mass is 320 g/mol. The summed E-state index contributed by atoms with van der Waals surface area (Å²) in [5.41, 5.74) is -0.000918. The molecule has 1 rings (SSSR count). The summed E-state index contributed by atoms with van der Waals surface area (Å²) >= 11 is 28.9. The highest BCUT2D eigenvalue weighted by atomic mass is 35.6. The first kappa shape index (κ1) is 14.1. The molecule has 0 aliphatic heterocycles. The lowest BCUT2D eigenvalue weighted by molar-refractivity contribution is 0.581. The van der Waals surface area contributed by atoms with E-state index in [-0.39, 0.29) is 11.4 Å². The van der Waals surface area contributed by atoms with Gasteiger partial charge in [-0.2, -0.15) is 5.26 Å². The second kappa shape index (κ2) is 4.75. The van der Waals surface area contributed by atoms with Gasteiger partial charge in [0.1, 0.15) is 11.8 Å². The van der Waals surface area contributed by atoms with Gasteiger partial charge in [0.15, 0.2) is 5.69 Å². The van der Waals surface area contributed by atoms with E-state index in [0.717, 1.165) is 0 Å². The average Bonchev–Trinajstić information content (AvgIpc) is 2.58. The second-order valence-corrected chi connectivity index (χ2v) is 6.39. The molecule has 9 heteroatoms. The van der Waals surface area contributed by atoms with E-state index < -0.39 is 8.13 Å². The lowest BCUT2D eigenvalue weighted by atomic mass is 10.2. The predicted octanol–water partition coefficient (Wildman–Crippen LogP) is 3.17. The maximum absolute atomic E-state index is 8.84. The van der Waals surface area contributed by atoms with E-state index in [9.17, 15) is 0 Å². The number of hydrogen-bond acceptors (Lipinski definition) is 3. The molecule has 0 aliphatic rings. The largest absolute Gasteiger partial charge is 0.245 e. The Morgan fingerprint density at radius 3 is 2.25 bits per heavy atom. The number of nitrogens with zero attached hydrogens (tertiary/aromatic N) is 4. The fourth-order valence-corrected chi connectivity index (χ4v) is 1.70. The zero-order valence-electron chi connectivity index (χ0n) is 7.89. The van der Waals surface area contributed by atoms with Crippen LogP contribution in [0.15, 0.2) is 0 Å². The summed E-state index contributed by atoms with van der Waals surface area (Å²) in [6.45, 7) is 2.16. The molecule has 0 radical (unpaired) electrons.